The Balaban J connectivity index is 2.21. The van der Waals surface area contributed by atoms with Gasteiger partial charge < -0.3 is 15.3 Å². The van der Waals surface area contributed by atoms with Crippen LogP contribution >= 0.6 is 0 Å². The maximum Gasteiger partial charge on any atom is 0.325 e. The molecule has 5 nitrogen and oxygen atoms in total. The maximum atomic E-state index is 11.8. The Morgan fingerprint density at radius 2 is 2.06 bits per heavy atom. The highest BCUT2D eigenvalue weighted by Gasteiger charge is 2.48. The van der Waals surface area contributed by atoms with Crippen LogP contribution in [0.5, 0.6) is 0 Å². The lowest BCUT2D eigenvalue weighted by Crippen LogP contribution is -2.68. The van der Waals surface area contributed by atoms with E-state index >= 15 is 0 Å². The second kappa shape index (κ2) is 5.55. The molecule has 0 aromatic carbocycles. The Hall–Kier alpha value is -0.650. The van der Waals surface area contributed by atoms with Crippen molar-refractivity contribution in [3.63, 3.8) is 0 Å². The number of piperazine rings is 1. The minimum atomic E-state index is -0.686. The van der Waals surface area contributed by atoms with Gasteiger partial charge in [0, 0.05) is 25.7 Å². The van der Waals surface area contributed by atoms with E-state index in [2.05, 4.69) is 15.1 Å². The molecule has 104 valence electrons. The molecule has 0 unspecified atom stereocenters. The Morgan fingerprint density at radius 3 is 2.61 bits per heavy atom. The fourth-order valence-corrected chi connectivity index (χ4v) is 3.42. The summed E-state index contributed by atoms with van der Waals surface area (Å²) < 4.78 is 0. The van der Waals surface area contributed by atoms with E-state index in [9.17, 15) is 9.90 Å². The van der Waals surface area contributed by atoms with Gasteiger partial charge in [0.1, 0.15) is 5.54 Å². The van der Waals surface area contributed by atoms with Gasteiger partial charge >= 0.3 is 5.97 Å². The molecule has 0 aromatic heterocycles. The van der Waals surface area contributed by atoms with E-state index < -0.39 is 11.5 Å². The number of carboxylic acid groups (broad SMARTS) is 1. The average molecular weight is 255 g/mol. The third kappa shape index (κ3) is 2.39. The molecule has 0 spiro atoms. The quantitative estimate of drug-likeness (QED) is 0.755. The van der Waals surface area contributed by atoms with Gasteiger partial charge in [0.15, 0.2) is 0 Å². The molecule has 5 heteroatoms. The summed E-state index contributed by atoms with van der Waals surface area (Å²) in [4.78, 5) is 16.2. The van der Waals surface area contributed by atoms with Gasteiger partial charge in [-0.3, -0.25) is 9.69 Å². The van der Waals surface area contributed by atoms with Gasteiger partial charge in [-0.1, -0.05) is 6.92 Å². The smallest absolute Gasteiger partial charge is 0.325 e. The molecule has 0 bridgehead atoms. The Bertz CT molecular complexity index is 305. The highest BCUT2D eigenvalue weighted by Crippen LogP contribution is 2.30. The summed E-state index contributed by atoms with van der Waals surface area (Å²) in [6, 6.07) is 0.427. The molecule has 0 aromatic rings. The van der Waals surface area contributed by atoms with Crippen LogP contribution in [0.2, 0.25) is 0 Å². The molecular weight excluding hydrogens is 230 g/mol. The first kappa shape index (κ1) is 13.8. The summed E-state index contributed by atoms with van der Waals surface area (Å²) in [6.45, 7) is 6.51. The van der Waals surface area contributed by atoms with Crippen molar-refractivity contribution in [3.8, 4) is 0 Å². The number of hydrogen-bond acceptors (Lipinski definition) is 4. The number of nitrogens with zero attached hydrogens (tertiary/aromatic N) is 2. The molecule has 0 aliphatic carbocycles. The van der Waals surface area contributed by atoms with Gasteiger partial charge in [-0.2, -0.15) is 0 Å². The standard InChI is InChI=1S/C13H25N3O2/c1-3-13(12(17)18)10-15(2)8-9-16(13)11-4-6-14-7-5-11/h11,14H,3-10H2,1-2H3,(H,17,18)/t13-/m0/s1. The van der Waals surface area contributed by atoms with E-state index in [0.717, 1.165) is 39.0 Å². The van der Waals surface area contributed by atoms with Crippen LogP contribution in [0.15, 0.2) is 0 Å². The van der Waals surface area contributed by atoms with Crippen LogP contribution in [-0.2, 0) is 4.79 Å². The first-order valence-electron chi connectivity index (χ1n) is 6.99. The predicted molar refractivity (Wildman–Crippen MR) is 70.8 cm³/mol. The van der Waals surface area contributed by atoms with Crippen LogP contribution in [-0.4, -0.2) is 72.2 Å². The minimum Gasteiger partial charge on any atom is -0.480 e. The second-order valence-electron chi connectivity index (χ2n) is 5.60. The minimum absolute atomic E-state index is 0.427. The van der Waals surface area contributed by atoms with E-state index in [4.69, 9.17) is 0 Å². The number of carboxylic acids is 1. The topological polar surface area (TPSA) is 55.8 Å². The van der Waals surface area contributed by atoms with Crippen LogP contribution in [0.25, 0.3) is 0 Å². The van der Waals surface area contributed by atoms with Gasteiger partial charge in [-0.05, 0) is 39.4 Å². The zero-order valence-corrected chi connectivity index (χ0v) is 11.5. The van der Waals surface area contributed by atoms with Gasteiger partial charge in [0.05, 0.1) is 0 Å². The summed E-state index contributed by atoms with van der Waals surface area (Å²) in [6.07, 6.45) is 2.81. The molecule has 2 N–H and O–H groups in total. The second-order valence-corrected chi connectivity index (χ2v) is 5.60. The van der Waals surface area contributed by atoms with Gasteiger partial charge in [-0.15, -0.1) is 0 Å². The lowest BCUT2D eigenvalue weighted by atomic mass is 9.87. The summed E-state index contributed by atoms with van der Waals surface area (Å²) in [5.41, 5.74) is -0.686. The number of nitrogens with one attached hydrogen (secondary N) is 1. The van der Waals surface area contributed by atoms with Crippen LogP contribution in [0.4, 0.5) is 0 Å². The number of hydrogen-bond donors (Lipinski definition) is 2. The van der Waals surface area contributed by atoms with Crippen molar-refractivity contribution < 1.29 is 9.90 Å². The summed E-state index contributed by atoms with van der Waals surface area (Å²) in [7, 11) is 2.02. The zero-order chi connectivity index (χ0) is 13.2. The van der Waals surface area contributed by atoms with Crippen molar-refractivity contribution in [3.05, 3.63) is 0 Å². The molecule has 2 heterocycles. The van der Waals surface area contributed by atoms with Gasteiger partial charge in [0.2, 0.25) is 0 Å². The number of carbonyl (C=O) groups is 1. The fraction of sp³-hybridized carbons (Fsp3) is 0.923. The lowest BCUT2D eigenvalue weighted by Gasteiger charge is -2.51. The third-order valence-electron chi connectivity index (χ3n) is 4.54. The molecular formula is C13H25N3O2. The Kier molecular flexibility index (Phi) is 4.25. The molecule has 2 aliphatic heterocycles. The van der Waals surface area contributed by atoms with Gasteiger partial charge in [-0.25, -0.2) is 0 Å². The monoisotopic (exact) mass is 255 g/mol. The number of piperidine rings is 1. The van der Waals surface area contributed by atoms with Crippen LogP contribution < -0.4 is 5.32 Å². The van der Waals surface area contributed by atoms with Crippen molar-refractivity contribution >= 4 is 5.97 Å². The van der Waals surface area contributed by atoms with Crippen LogP contribution in [0, 0.1) is 0 Å². The fourth-order valence-electron chi connectivity index (χ4n) is 3.42. The predicted octanol–water partition coefficient (Wildman–Crippen LogP) is 0.219. The summed E-state index contributed by atoms with van der Waals surface area (Å²) >= 11 is 0. The lowest BCUT2D eigenvalue weighted by molar-refractivity contribution is -0.160. The number of likely N-dealkylation sites (N-methyl/N-ethyl adjacent to an activating group) is 1. The molecule has 1 atom stereocenters. The van der Waals surface area contributed by atoms with Crippen LogP contribution in [0.3, 0.4) is 0 Å². The Morgan fingerprint density at radius 1 is 1.39 bits per heavy atom. The van der Waals surface area contributed by atoms with E-state index in [-0.39, 0.29) is 0 Å². The van der Waals surface area contributed by atoms with Crippen molar-refractivity contribution in [1.82, 2.24) is 15.1 Å². The van der Waals surface area contributed by atoms with E-state index in [1.165, 1.54) is 0 Å². The highest BCUT2D eigenvalue weighted by molar-refractivity contribution is 5.79. The molecule has 2 fully saturated rings. The largest absolute Gasteiger partial charge is 0.480 e. The van der Waals surface area contributed by atoms with Crippen molar-refractivity contribution in [2.75, 3.05) is 39.8 Å². The Labute approximate surface area is 109 Å². The normalized spacial score (nSPS) is 32.6. The van der Waals surface area contributed by atoms with Crippen LogP contribution in [0.1, 0.15) is 26.2 Å². The average Bonchev–Trinajstić information content (AvgIpc) is 2.39. The SMILES string of the molecule is CC[C@@]1(C(=O)O)CN(C)CCN1C1CCNCC1. The zero-order valence-electron chi connectivity index (χ0n) is 11.5. The van der Waals surface area contributed by atoms with Crippen molar-refractivity contribution in [1.29, 1.82) is 0 Å². The van der Waals surface area contributed by atoms with E-state index in [1.54, 1.807) is 0 Å². The van der Waals surface area contributed by atoms with Gasteiger partial charge in [0.25, 0.3) is 0 Å². The third-order valence-corrected chi connectivity index (χ3v) is 4.54. The molecule has 0 radical (unpaired) electrons. The molecule has 2 aliphatic rings. The summed E-state index contributed by atoms with van der Waals surface area (Å²) in [5, 5.41) is 13.1. The number of aliphatic carboxylic acids is 1. The molecule has 0 amide bonds. The number of rotatable bonds is 3. The first-order chi connectivity index (χ1) is 8.60. The van der Waals surface area contributed by atoms with Crippen molar-refractivity contribution in [2.24, 2.45) is 0 Å². The van der Waals surface area contributed by atoms with E-state index in [1.807, 2.05) is 14.0 Å². The van der Waals surface area contributed by atoms with E-state index in [0.29, 0.717) is 19.0 Å². The molecule has 2 saturated heterocycles. The first-order valence-corrected chi connectivity index (χ1v) is 6.99. The highest BCUT2D eigenvalue weighted by atomic mass is 16.4. The maximum absolute atomic E-state index is 11.8. The summed E-state index contributed by atoms with van der Waals surface area (Å²) in [5.74, 6) is -0.657. The molecule has 2 rings (SSSR count). The molecule has 0 saturated carbocycles. The molecule has 18 heavy (non-hydrogen) atoms. The van der Waals surface area contributed by atoms with Crippen molar-refractivity contribution in [2.45, 2.75) is 37.8 Å².